The van der Waals surface area contributed by atoms with E-state index in [0.717, 1.165) is 6.07 Å². The summed E-state index contributed by atoms with van der Waals surface area (Å²) in [6.07, 6.45) is 0. The first-order valence-electron chi connectivity index (χ1n) is 2.32. The molecule has 1 nitrogen and oxygen atoms in total. The summed E-state index contributed by atoms with van der Waals surface area (Å²) in [5, 5.41) is 10.6. The molecule has 1 aromatic rings. The van der Waals surface area contributed by atoms with Crippen LogP contribution in [0.25, 0.3) is 0 Å². The van der Waals surface area contributed by atoms with Gasteiger partial charge in [-0.25, -0.2) is 4.39 Å². The zero-order valence-electron chi connectivity index (χ0n) is 4.40. The Morgan fingerprint density at radius 3 is 2.56 bits per heavy atom. The predicted octanol–water partition coefficient (Wildman–Crippen LogP) is 2.73. The van der Waals surface area contributed by atoms with Gasteiger partial charge < -0.3 is 0 Å². The normalized spacial score (nSPS) is 9.56. The molecule has 0 N–H and O–H groups in total. The third-order valence-electron chi connectivity index (χ3n) is 0.893. The van der Waals surface area contributed by atoms with Gasteiger partial charge in [-0.3, -0.25) is 5.11 Å². The quantitative estimate of drug-likeness (QED) is 0.599. The van der Waals surface area contributed by atoms with Gasteiger partial charge in [0.05, 0.1) is 4.47 Å². The summed E-state index contributed by atoms with van der Waals surface area (Å²) in [6, 6.07) is 3.55. The fourth-order valence-electron chi connectivity index (χ4n) is 0.477. The minimum atomic E-state index is -0.497. The summed E-state index contributed by atoms with van der Waals surface area (Å²) in [6.45, 7) is 0. The number of halogens is 2. The lowest BCUT2D eigenvalue weighted by Crippen LogP contribution is -1.70. The van der Waals surface area contributed by atoms with E-state index in [2.05, 4.69) is 15.9 Å². The number of rotatable bonds is 0. The Labute approximate surface area is 60.3 Å². The molecular formula is C6H3BrFO. The maximum atomic E-state index is 12.1. The highest BCUT2D eigenvalue weighted by molar-refractivity contribution is 9.10. The van der Waals surface area contributed by atoms with Crippen LogP contribution in [0.15, 0.2) is 22.7 Å². The lowest BCUT2D eigenvalue weighted by Gasteiger charge is -1.89. The Morgan fingerprint density at radius 2 is 2.11 bits per heavy atom. The van der Waals surface area contributed by atoms with Crippen LogP contribution in [0.2, 0.25) is 0 Å². The van der Waals surface area contributed by atoms with Gasteiger partial charge in [-0.15, -0.1) is 0 Å². The van der Waals surface area contributed by atoms with E-state index in [4.69, 9.17) is 0 Å². The average molecular weight is 190 g/mol. The van der Waals surface area contributed by atoms with Crippen LogP contribution in [0.5, 0.6) is 5.75 Å². The SMILES string of the molecule is [O]c1cc(F)ccc1Br. The molecule has 9 heavy (non-hydrogen) atoms. The molecule has 1 radical (unpaired) electrons. The second kappa shape index (κ2) is 2.35. The smallest absolute Gasteiger partial charge is 0.195 e. The van der Waals surface area contributed by atoms with Crippen molar-refractivity contribution in [3.05, 3.63) is 28.5 Å². The van der Waals surface area contributed by atoms with Crippen LogP contribution in [0, 0.1) is 5.82 Å². The molecule has 0 atom stereocenters. The van der Waals surface area contributed by atoms with E-state index in [9.17, 15) is 9.50 Å². The third-order valence-corrected chi connectivity index (χ3v) is 1.55. The molecule has 0 bridgehead atoms. The maximum Gasteiger partial charge on any atom is 0.195 e. The van der Waals surface area contributed by atoms with Crippen molar-refractivity contribution in [2.24, 2.45) is 0 Å². The zero-order valence-corrected chi connectivity index (χ0v) is 5.98. The molecule has 0 amide bonds. The summed E-state index contributed by atoms with van der Waals surface area (Å²) in [5.41, 5.74) is 0. The van der Waals surface area contributed by atoms with Gasteiger partial charge in [0.15, 0.2) is 5.75 Å². The van der Waals surface area contributed by atoms with Gasteiger partial charge in [-0.2, -0.15) is 0 Å². The molecule has 0 aliphatic carbocycles. The lowest BCUT2D eigenvalue weighted by molar-refractivity contribution is 0.349. The Balaban J connectivity index is 3.17. The fraction of sp³-hybridized carbons (Fsp3) is 0. The molecule has 0 spiro atoms. The van der Waals surface area contributed by atoms with Gasteiger partial charge in [-0.1, -0.05) is 0 Å². The Morgan fingerprint density at radius 1 is 1.44 bits per heavy atom. The first-order chi connectivity index (χ1) is 4.20. The molecular weight excluding hydrogens is 187 g/mol. The molecule has 0 aliphatic rings. The minimum absolute atomic E-state index is 0.324. The monoisotopic (exact) mass is 189 g/mol. The number of benzene rings is 1. The van der Waals surface area contributed by atoms with Gasteiger partial charge in [0.2, 0.25) is 0 Å². The van der Waals surface area contributed by atoms with Crippen LogP contribution in [-0.4, -0.2) is 0 Å². The van der Waals surface area contributed by atoms with E-state index in [1.54, 1.807) is 0 Å². The Kier molecular flexibility index (Phi) is 1.71. The number of hydrogen-bond acceptors (Lipinski definition) is 0. The van der Waals surface area contributed by atoms with Crippen molar-refractivity contribution in [2.75, 3.05) is 0 Å². The molecule has 1 aromatic carbocycles. The lowest BCUT2D eigenvalue weighted by atomic mass is 10.3. The fourth-order valence-corrected chi connectivity index (χ4v) is 0.724. The average Bonchev–Trinajstić information content (AvgIpc) is 1.80. The second-order valence-corrected chi connectivity index (χ2v) is 2.43. The van der Waals surface area contributed by atoms with Crippen molar-refractivity contribution in [1.29, 1.82) is 0 Å². The van der Waals surface area contributed by atoms with E-state index in [-0.39, 0.29) is 5.75 Å². The van der Waals surface area contributed by atoms with E-state index in [0.29, 0.717) is 4.47 Å². The van der Waals surface area contributed by atoms with Crippen LogP contribution < -0.4 is 0 Å². The number of hydrogen-bond donors (Lipinski definition) is 0. The van der Waals surface area contributed by atoms with E-state index >= 15 is 0 Å². The Bertz CT molecular complexity index is 224. The highest BCUT2D eigenvalue weighted by Crippen LogP contribution is 2.23. The summed E-state index contributed by atoms with van der Waals surface area (Å²) < 4.78 is 12.5. The highest BCUT2D eigenvalue weighted by Gasteiger charge is 1.98. The van der Waals surface area contributed by atoms with Crippen molar-refractivity contribution in [2.45, 2.75) is 0 Å². The van der Waals surface area contributed by atoms with Crippen molar-refractivity contribution >= 4 is 15.9 Å². The standard InChI is InChI=1S/C6H3BrFO/c7-5-2-1-4(8)3-6(5)9/h1-3H. The van der Waals surface area contributed by atoms with Crippen molar-refractivity contribution in [1.82, 2.24) is 0 Å². The molecule has 1 rings (SSSR count). The first-order valence-corrected chi connectivity index (χ1v) is 3.11. The molecule has 0 aliphatic heterocycles. The molecule has 0 aromatic heterocycles. The molecule has 3 heteroatoms. The van der Waals surface area contributed by atoms with Crippen LogP contribution in [0.3, 0.4) is 0 Å². The molecule has 0 heterocycles. The second-order valence-electron chi connectivity index (χ2n) is 1.57. The van der Waals surface area contributed by atoms with Crippen LogP contribution in [-0.2, 0) is 5.11 Å². The van der Waals surface area contributed by atoms with Crippen molar-refractivity contribution in [3.8, 4) is 5.75 Å². The van der Waals surface area contributed by atoms with Gasteiger partial charge in [0.25, 0.3) is 0 Å². The van der Waals surface area contributed by atoms with Gasteiger partial charge in [0.1, 0.15) is 5.82 Å². The molecule has 47 valence electrons. The van der Waals surface area contributed by atoms with Gasteiger partial charge >= 0.3 is 0 Å². The van der Waals surface area contributed by atoms with Crippen LogP contribution in [0.4, 0.5) is 4.39 Å². The molecule has 0 saturated heterocycles. The summed E-state index contributed by atoms with van der Waals surface area (Å²) >= 11 is 2.95. The summed E-state index contributed by atoms with van der Waals surface area (Å²) in [4.78, 5) is 0. The largest absolute Gasteiger partial charge is 0.289 e. The Hall–Kier alpha value is -0.570. The highest BCUT2D eigenvalue weighted by atomic mass is 79.9. The molecule has 0 unspecified atom stereocenters. The van der Waals surface area contributed by atoms with Crippen molar-refractivity contribution < 1.29 is 9.50 Å². The molecule has 0 saturated carbocycles. The summed E-state index contributed by atoms with van der Waals surface area (Å²) in [7, 11) is 0. The molecule has 0 fully saturated rings. The van der Waals surface area contributed by atoms with E-state index in [1.807, 2.05) is 0 Å². The predicted molar refractivity (Wildman–Crippen MR) is 34.2 cm³/mol. The van der Waals surface area contributed by atoms with Gasteiger partial charge in [0, 0.05) is 6.07 Å². The minimum Gasteiger partial charge on any atom is -0.289 e. The first kappa shape index (κ1) is 6.55. The maximum absolute atomic E-state index is 12.1. The van der Waals surface area contributed by atoms with E-state index < -0.39 is 5.82 Å². The van der Waals surface area contributed by atoms with Crippen LogP contribution in [0.1, 0.15) is 0 Å². The van der Waals surface area contributed by atoms with Crippen LogP contribution >= 0.6 is 15.9 Å². The van der Waals surface area contributed by atoms with E-state index in [1.165, 1.54) is 12.1 Å². The van der Waals surface area contributed by atoms with Gasteiger partial charge in [-0.05, 0) is 28.1 Å². The summed E-state index contributed by atoms with van der Waals surface area (Å²) in [5.74, 6) is -0.821. The zero-order chi connectivity index (χ0) is 6.85. The van der Waals surface area contributed by atoms with Crippen molar-refractivity contribution in [3.63, 3.8) is 0 Å². The third kappa shape index (κ3) is 1.42. The topological polar surface area (TPSA) is 19.9 Å².